The molecule has 0 bridgehead atoms. The summed E-state index contributed by atoms with van der Waals surface area (Å²) < 4.78 is 5.06. The number of aliphatic hydroxyl groups is 3. The average molecular weight is 341 g/mol. The molecule has 3 heterocycles. The van der Waals surface area contributed by atoms with E-state index in [9.17, 15) is 29.7 Å². The third kappa shape index (κ3) is 1.89. The third-order valence-electron chi connectivity index (χ3n) is 3.74. The topological polar surface area (TPSA) is 205 Å². The fraction of sp³-hybridized carbons (Fsp3) is 0.455. The highest BCUT2D eigenvalue weighted by Crippen LogP contribution is 2.37. The molecule has 1 saturated heterocycles. The van der Waals surface area contributed by atoms with E-state index in [1.54, 1.807) is 0 Å². The third-order valence-corrected chi connectivity index (χ3v) is 3.74. The molecule has 3 amide bonds. The maximum Gasteiger partial charge on any atom is 0.361 e. The summed E-state index contributed by atoms with van der Waals surface area (Å²) in [6.07, 6.45) is -5.52. The van der Waals surface area contributed by atoms with Gasteiger partial charge in [-0.05, 0) is 0 Å². The van der Waals surface area contributed by atoms with Gasteiger partial charge in [0.2, 0.25) is 5.96 Å². The molecule has 13 heteroatoms. The van der Waals surface area contributed by atoms with Gasteiger partial charge in [-0.3, -0.25) is 15.5 Å². The first-order chi connectivity index (χ1) is 11.2. The highest BCUT2D eigenvalue weighted by Gasteiger charge is 2.67. The molecule has 3 aliphatic heterocycles. The molecule has 6 N–H and O–H groups in total. The molecule has 0 aromatic rings. The number of guanidine groups is 1. The number of carboxylic acid groups (broad SMARTS) is 1. The molecule has 13 nitrogen and oxygen atoms in total. The number of carboxylic acids is 1. The van der Waals surface area contributed by atoms with Crippen molar-refractivity contribution in [3.8, 4) is 0 Å². The fourth-order valence-electron chi connectivity index (χ4n) is 2.66. The first-order valence-corrected chi connectivity index (χ1v) is 6.54. The molecular formula is C11H11N5O8. The lowest BCUT2D eigenvalue weighted by Gasteiger charge is -2.35. The lowest BCUT2D eigenvalue weighted by Crippen LogP contribution is -2.65. The molecular weight excluding hydrogens is 330 g/mol. The van der Waals surface area contributed by atoms with E-state index in [4.69, 9.17) is 15.3 Å². The fourth-order valence-corrected chi connectivity index (χ4v) is 2.66. The van der Waals surface area contributed by atoms with Crippen LogP contribution in [0, 0.1) is 5.41 Å². The van der Waals surface area contributed by atoms with Gasteiger partial charge in [-0.2, -0.15) is 9.98 Å². The maximum absolute atomic E-state index is 12.1. The average Bonchev–Trinajstić information content (AvgIpc) is 2.96. The Morgan fingerprint density at radius 1 is 1.38 bits per heavy atom. The number of nitrogens with one attached hydrogen (secondary N) is 2. The second kappa shape index (κ2) is 5.13. The number of carbonyl (C=O) groups is 3. The zero-order valence-corrected chi connectivity index (χ0v) is 11.7. The molecule has 24 heavy (non-hydrogen) atoms. The van der Waals surface area contributed by atoms with Gasteiger partial charge >= 0.3 is 12.0 Å². The van der Waals surface area contributed by atoms with Crippen molar-refractivity contribution >= 4 is 35.4 Å². The monoisotopic (exact) mass is 341 g/mol. The van der Waals surface area contributed by atoms with Gasteiger partial charge in [-0.25, -0.2) is 14.5 Å². The van der Waals surface area contributed by atoms with Crippen molar-refractivity contribution in [2.24, 2.45) is 9.98 Å². The maximum atomic E-state index is 12.1. The van der Waals surface area contributed by atoms with Crippen molar-refractivity contribution in [2.75, 3.05) is 6.61 Å². The van der Waals surface area contributed by atoms with Crippen molar-refractivity contribution < 1.29 is 39.5 Å². The Labute approximate surface area is 132 Å². The SMILES string of the molecule is N=C1N=C2C(=NC(=O)N2[C@]2(C(=O)O)O[C@H](CO)[C@@H](O)[C@H]2O)C(=O)N1. The number of amidine groups is 1. The van der Waals surface area contributed by atoms with Gasteiger partial charge in [0.25, 0.3) is 11.6 Å². The van der Waals surface area contributed by atoms with E-state index < -0.39 is 66.1 Å². The van der Waals surface area contributed by atoms with Gasteiger partial charge in [0.05, 0.1) is 6.61 Å². The summed E-state index contributed by atoms with van der Waals surface area (Å²) in [4.78, 5) is 42.9. The Hall–Kier alpha value is -2.74. The van der Waals surface area contributed by atoms with E-state index in [2.05, 4.69) is 9.98 Å². The number of rotatable bonds is 3. The van der Waals surface area contributed by atoms with Gasteiger partial charge in [-0.1, -0.05) is 0 Å². The molecule has 0 aliphatic carbocycles. The van der Waals surface area contributed by atoms with Crippen LogP contribution in [-0.4, -0.2) is 91.4 Å². The number of aliphatic hydroxyl groups excluding tert-OH is 3. The molecule has 0 spiro atoms. The van der Waals surface area contributed by atoms with E-state index in [-0.39, 0.29) is 4.90 Å². The van der Waals surface area contributed by atoms with Crippen molar-refractivity contribution in [2.45, 2.75) is 24.0 Å². The number of hydrogen-bond donors (Lipinski definition) is 6. The second-order valence-electron chi connectivity index (χ2n) is 5.09. The summed E-state index contributed by atoms with van der Waals surface area (Å²) in [5.74, 6) is -4.13. The Balaban J connectivity index is 2.15. The lowest BCUT2D eigenvalue weighted by atomic mass is 10.0. The van der Waals surface area contributed by atoms with Crippen LogP contribution in [0.2, 0.25) is 0 Å². The molecule has 0 aromatic heterocycles. The lowest BCUT2D eigenvalue weighted by molar-refractivity contribution is -0.192. The van der Waals surface area contributed by atoms with E-state index in [0.717, 1.165) is 0 Å². The second-order valence-corrected chi connectivity index (χ2v) is 5.09. The van der Waals surface area contributed by atoms with Crippen LogP contribution in [0.25, 0.3) is 0 Å². The quantitative estimate of drug-likeness (QED) is 0.299. The molecule has 3 aliphatic rings. The number of ether oxygens (including phenoxy) is 1. The normalized spacial score (nSPS) is 35.5. The Morgan fingerprint density at radius 2 is 2.04 bits per heavy atom. The predicted molar refractivity (Wildman–Crippen MR) is 72.3 cm³/mol. The number of nitrogens with zero attached hydrogens (tertiary/aromatic N) is 3. The molecule has 3 rings (SSSR count). The number of hydrogen-bond acceptors (Lipinski definition) is 8. The van der Waals surface area contributed by atoms with Crippen molar-refractivity contribution in [1.82, 2.24) is 10.2 Å². The number of aliphatic imine (C=N–C) groups is 2. The smallest absolute Gasteiger partial charge is 0.361 e. The summed E-state index contributed by atoms with van der Waals surface area (Å²) in [6.45, 7) is -0.841. The zero-order chi connectivity index (χ0) is 17.8. The van der Waals surface area contributed by atoms with Crippen molar-refractivity contribution in [3.05, 3.63) is 0 Å². The predicted octanol–water partition coefficient (Wildman–Crippen LogP) is -3.78. The summed E-state index contributed by atoms with van der Waals surface area (Å²) in [5, 5.41) is 48.0. The summed E-state index contributed by atoms with van der Waals surface area (Å²) in [6, 6.07) is -1.29. The Bertz CT molecular complexity index is 732. The van der Waals surface area contributed by atoms with E-state index >= 15 is 0 Å². The molecule has 0 saturated carbocycles. The first-order valence-electron chi connectivity index (χ1n) is 6.54. The van der Waals surface area contributed by atoms with Gasteiger partial charge in [-0.15, -0.1) is 0 Å². The summed E-state index contributed by atoms with van der Waals surface area (Å²) in [5.41, 5.74) is -3.43. The molecule has 0 unspecified atom stereocenters. The number of carbonyl (C=O) groups excluding carboxylic acids is 2. The van der Waals surface area contributed by atoms with Crippen LogP contribution in [-0.2, 0) is 14.3 Å². The zero-order valence-electron chi connectivity index (χ0n) is 11.7. The van der Waals surface area contributed by atoms with Gasteiger partial charge in [0, 0.05) is 0 Å². The highest BCUT2D eigenvalue weighted by atomic mass is 16.6. The largest absolute Gasteiger partial charge is 0.478 e. The molecule has 0 aromatic carbocycles. The van der Waals surface area contributed by atoms with Gasteiger partial charge in [0.15, 0.2) is 11.5 Å². The van der Waals surface area contributed by atoms with Gasteiger partial charge in [0.1, 0.15) is 18.3 Å². The van der Waals surface area contributed by atoms with Crippen LogP contribution < -0.4 is 5.32 Å². The van der Waals surface area contributed by atoms with Gasteiger partial charge < -0.3 is 25.2 Å². The van der Waals surface area contributed by atoms with Crippen molar-refractivity contribution in [3.63, 3.8) is 0 Å². The molecule has 4 atom stereocenters. The summed E-state index contributed by atoms with van der Waals surface area (Å²) >= 11 is 0. The van der Waals surface area contributed by atoms with Crippen LogP contribution in [0.5, 0.6) is 0 Å². The number of aliphatic carboxylic acids is 1. The van der Waals surface area contributed by atoms with E-state index in [0.29, 0.717) is 0 Å². The van der Waals surface area contributed by atoms with Crippen molar-refractivity contribution in [1.29, 1.82) is 5.41 Å². The van der Waals surface area contributed by atoms with Crippen LogP contribution >= 0.6 is 0 Å². The molecule has 0 radical (unpaired) electrons. The Morgan fingerprint density at radius 3 is 2.58 bits per heavy atom. The number of urea groups is 1. The minimum absolute atomic E-state index is 0.279. The minimum atomic E-state index is -2.87. The first kappa shape index (κ1) is 16.1. The molecule has 128 valence electrons. The van der Waals surface area contributed by atoms with Crippen LogP contribution in [0.3, 0.4) is 0 Å². The van der Waals surface area contributed by atoms with E-state index in [1.165, 1.54) is 0 Å². The van der Waals surface area contributed by atoms with Crippen LogP contribution in [0.4, 0.5) is 4.79 Å². The van der Waals surface area contributed by atoms with E-state index in [1.807, 2.05) is 5.32 Å². The highest BCUT2D eigenvalue weighted by molar-refractivity contribution is 6.72. The minimum Gasteiger partial charge on any atom is -0.478 e. The summed E-state index contributed by atoms with van der Waals surface area (Å²) in [7, 11) is 0. The van der Waals surface area contributed by atoms with Crippen LogP contribution in [0.1, 0.15) is 0 Å². The standard InChI is InChI=1S/C11H11N5O8/c12-9-14-6-3(7(20)15-9)13-10(23)16(6)11(8(21)22)5(19)4(18)2(1-17)24-11/h2,4-5,17-19H,1H2,(H,21,22)(H2,12,15,20)/t2-,4-,5-,11+/m1/s1. The molecule has 1 fully saturated rings. The van der Waals surface area contributed by atoms with Crippen LogP contribution in [0.15, 0.2) is 9.98 Å². The Kier molecular flexibility index (Phi) is 3.45. The number of amides is 3. The number of fused-ring (bicyclic) bond motifs is 1.